The van der Waals surface area contributed by atoms with Gasteiger partial charge in [0.2, 0.25) is 0 Å². The Labute approximate surface area is 91.3 Å². The van der Waals surface area contributed by atoms with E-state index in [1.807, 2.05) is 18.2 Å². The van der Waals surface area contributed by atoms with Crippen molar-refractivity contribution in [2.24, 2.45) is 0 Å². The van der Waals surface area contributed by atoms with Crippen LogP contribution in [0.2, 0.25) is 0 Å². The molecule has 82 valence electrons. The van der Waals surface area contributed by atoms with E-state index >= 15 is 0 Å². The van der Waals surface area contributed by atoms with Gasteiger partial charge in [0, 0.05) is 6.92 Å². The van der Waals surface area contributed by atoms with Crippen LogP contribution in [0.5, 0.6) is 0 Å². The Hall–Kier alpha value is -1.31. The van der Waals surface area contributed by atoms with E-state index in [1.54, 1.807) is 0 Å². The van der Waals surface area contributed by atoms with Gasteiger partial charge in [-0.15, -0.1) is 0 Å². The van der Waals surface area contributed by atoms with E-state index < -0.39 is 0 Å². The monoisotopic (exact) mass is 206 g/mol. The maximum Gasteiger partial charge on any atom is 0.302 e. The summed E-state index contributed by atoms with van der Waals surface area (Å²) in [4.78, 5) is 10.6. The van der Waals surface area contributed by atoms with Crippen molar-refractivity contribution in [2.45, 2.75) is 32.6 Å². The van der Waals surface area contributed by atoms with Gasteiger partial charge in [-0.25, -0.2) is 0 Å². The van der Waals surface area contributed by atoms with Crippen molar-refractivity contribution in [3.63, 3.8) is 0 Å². The molecule has 0 N–H and O–H groups in total. The molecule has 0 fully saturated rings. The SMILES string of the molecule is CCC(CCOC(C)=O)c1ccccc1. The normalized spacial score (nSPS) is 12.1. The van der Waals surface area contributed by atoms with Crippen molar-refractivity contribution in [3.8, 4) is 0 Å². The largest absolute Gasteiger partial charge is 0.466 e. The first-order chi connectivity index (χ1) is 7.24. The molecule has 0 bridgehead atoms. The van der Waals surface area contributed by atoms with E-state index in [-0.39, 0.29) is 5.97 Å². The minimum atomic E-state index is -0.196. The maximum absolute atomic E-state index is 10.6. The fourth-order valence-corrected chi connectivity index (χ4v) is 1.68. The summed E-state index contributed by atoms with van der Waals surface area (Å²) in [5, 5.41) is 0. The van der Waals surface area contributed by atoms with E-state index in [0.29, 0.717) is 12.5 Å². The van der Waals surface area contributed by atoms with Crippen LogP contribution < -0.4 is 0 Å². The molecule has 1 unspecified atom stereocenters. The highest BCUT2D eigenvalue weighted by molar-refractivity contribution is 5.65. The molecule has 0 saturated heterocycles. The summed E-state index contributed by atoms with van der Waals surface area (Å²) in [6.45, 7) is 4.12. The fourth-order valence-electron chi connectivity index (χ4n) is 1.68. The summed E-state index contributed by atoms with van der Waals surface area (Å²) >= 11 is 0. The third kappa shape index (κ3) is 4.15. The number of carbonyl (C=O) groups excluding carboxylic acids is 1. The molecule has 1 aromatic rings. The maximum atomic E-state index is 10.6. The minimum Gasteiger partial charge on any atom is -0.466 e. The van der Waals surface area contributed by atoms with Crippen LogP contribution >= 0.6 is 0 Å². The van der Waals surface area contributed by atoms with Gasteiger partial charge in [0.25, 0.3) is 0 Å². The Kier molecular flexibility index (Phi) is 4.88. The first kappa shape index (κ1) is 11.8. The Morgan fingerprint density at radius 1 is 1.33 bits per heavy atom. The Morgan fingerprint density at radius 3 is 2.53 bits per heavy atom. The van der Waals surface area contributed by atoms with Gasteiger partial charge in [-0.1, -0.05) is 37.3 Å². The second-order valence-electron chi connectivity index (χ2n) is 3.64. The lowest BCUT2D eigenvalue weighted by atomic mass is 9.94. The van der Waals surface area contributed by atoms with Crippen LogP contribution in [0.4, 0.5) is 0 Å². The molecule has 0 aliphatic rings. The van der Waals surface area contributed by atoms with Crippen molar-refractivity contribution in [1.82, 2.24) is 0 Å². The first-order valence-corrected chi connectivity index (χ1v) is 5.42. The van der Waals surface area contributed by atoms with Crippen molar-refractivity contribution in [3.05, 3.63) is 35.9 Å². The number of hydrogen-bond donors (Lipinski definition) is 0. The van der Waals surface area contributed by atoms with Gasteiger partial charge in [0.05, 0.1) is 6.61 Å². The topological polar surface area (TPSA) is 26.3 Å². The summed E-state index contributed by atoms with van der Waals surface area (Å²) in [6, 6.07) is 10.4. The highest BCUT2D eigenvalue weighted by Crippen LogP contribution is 2.22. The minimum absolute atomic E-state index is 0.196. The second kappa shape index (κ2) is 6.23. The molecule has 0 aliphatic carbocycles. The van der Waals surface area contributed by atoms with Crippen LogP contribution in [0.25, 0.3) is 0 Å². The second-order valence-corrected chi connectivity index (χ2v) is 3.64. The van der Waals surface area contributed by atoms with Gasteiger partial charge in [0.1, 0.15) is 0 Å². The molecule has 0 spiro atoms. The van der Waals surface area contributed by atoms with Crippen LogP contribution in [0.1, 0.15) is 38.2 Å². The predicted molar refractivity (Wildman–Crippen MR) is 60.7 cm³/mol. The highest BCUT2D eigenvalue weighted by atomic mass is 16.5. The van der Waals surface area contributed by atoms with Gasteiger partial charge in [0.15, 0.2) is 0 Å². The summed E-state index contributed by atoms with van der Waals surface area (Å²) in [5.74, 6) is 0.295. The summed E-state index contributed by atoms with van der Waals surface area (Å²) in [7, 11) is 0. The number of rotatable bonds is 5. The molecular weight excluding hydrogens is 188 g/mol. The molecular formula is C13H18O2. The van der Waals surface area contributed by atoms with Gasteiger partial charge in [-0.05, 0) is 24.3 Å². The van der Waals surface area contributed by atoms with Crippen LogP contribution in [-0.4, -0.2) is 12.6 Å². The van der Waals surface area contributed by atoms with Crippen LogP contribution in [-0.2, 0) is 9.53 Å². The van der Waals surface area contributed by atoms with E-state index in [1.165, 1.54) is 12.5 Å². The van der Waals surface area contributed by atoms with E-state index in [2.05, 4.69) is 19.1 Å². The third-order valence-electron chi connectivity index (χ3n) is 2.54. The number of carbonyl (C=O) groups is 1. The molecule has 15 heavy (non-hydrogen) atoms. The lowest BCUT2D eigenvalue weighted by Crippen LogP contribution is -2.06. The van der Waals surface area contributed by atoms with Crippen LogP contribution in [0.15, 0.2) is 30.3 Å². The quantitative estimate of drug-likeness (QED) is 0.692. The van der Waals surface area contributed by atoms with Gasteiger partial charge in [-0.2, -0.15) is 0 Å². The summed E-state index contributed by atoms with van der Waals surface area (Å²) in [5.41, 5.74) is 1.33. The molecule has 1 rings (SSSR count). The smallest absolute Gasteiger partial charge is 0.302 e. The zero-order chi connectivity index (χ0) is 11.1. The van der Waals surface area contributed by atoms with Crippen molar-refractivity contribution < 1.29 is 9.53 Å². The highest BCUT2D eigenvalue weighted by Gasteiger charge is 2.08. The van der Waals surface area contributed by atoms with Crippen molar-refractivity contribution in [1.29, 1.82) is 0 Å². The van der Waals surface area contributed by atoms with Gasteiger partial charge >= 0.3 is 5.97 Å². The standard InChI is InChI=1S/C13H18O2/c1-3-12(9-10-15-11(2)14)13-7-5-4-6-8-13/h4-8,12H,3,9-10H2,1-2H3. The molecule has 0 heterocycles. The molecule has 2 nitrogen and oxygen atoms in total. The average molecular weight is 206 g/mol. The Morgan fingerprint density at radius 2 is 2.00 bits per heavy atom. The predicted octanol–water partition coefficient (Wildman–Crippen LogP) is 3.13. The number of ether oxygens (including phenoxy) is 1. The molecule has 0 aliphatic heterocycles. The number of benzene rings is 1. The molecule has 0 aromatic heterocycles. The number of hydrogen-bond acceptors (Lipinski definition) is 2. The zero-order valence-corrected chi connectivity index (χ0v) is 9.40. The molecule has 2 heteroatoms. The zero-order valence-electron chi connectivity index (χ0n) is 9.40. The van der Waals surface area contributed by atoms with Gasteiger partial charge in [-0.3, -0.25) is 4.79 Å². The van der Waals surface area contributed by atoms with Crippen LogP contribution in [0, 0.1) is 0 Å². The van der Waals surface area contributed by atoms with E-state index in [0.717, 1.165) is 12.8 Å². The summed E-state index contributed by atoms with van der Waals surface area (Å²) < 4.78 is 4.96. The molecule has 0 radical (unpaired) electrons. The van der Waals surface area contributed by atoms with Crippen molar-refractivity contribution >= 4 is 5.97 Å². The molecule has 1 aromatic carbocycles. The average Bonchev–Trinajstić information content (AvgIpc) is 2.25. The van der Waals surface area contributed by atoms with Crippen LogP contribution in [0.3, 0.4) is 0 Å². The molecule has 0 saturated carbocycles. The lowest BCUT2D eigenvalue weighted by molar-refractivity contribution is -0.141. The fraction of sp³-hybridized carbons (Fsp3) is 0.462. The molecule has 1 atom stereocenters. The lowest BCUT2D eigenvalue weighted by Gasteiger charge is -2.14. The van der Waals surface area contributed by atoms with E-state index in [4.69, 9.17) is 4.74 Å². The molecule has 0 amide bonds. The van der Waals surface area contributed by atoms with Crippen molar-refractivity contribution in [2.75, 3.05) is 6.61 Å². The first-order valence-electron chi connectivity index (χ1n) is 5.42. The third-order valence-corrected chi connectivity index (χ3v) is 2.54. The summed E-state index contributed by atoms with van der Waals surface area (Å²) in [6.07, 6.45) is 1.98. The Bertz CT molecular complexity index is 293. The Balaban J connectivity index is 2.46. The van der Waals surface area contributed by atoms with Gasteiger partial charge < -0.3 is 4.74 Å². The van der Waals surface area contributed by atoms with E-state index in [9.17, 15) is 4.79 Å². The number of esters is 1.